The lowest BCUT2D eigenvalue weighted by Crippen LogP contribution is -2.04. The van der Waals surface area contributed by atoms with E-state index in [0.29, 0.717) is 5.56 Å². The quantitative estimate of drug-likeness (QED) is 0.340. The van der Waals surface area contributed by atoms with Crippen LogP contribution in [0.3, 0.4) is 0 Å². The van der Waals surface area contributed by atoms with Gasteiger partial charge in [0.25, 0.3) is 0 Å². The van der Waals surface area contributed by atoms with Crippen molar-refractivity contribution in [1.82, 2.24) is 0 Å². The van der Waals surface area contributed by atoms with Crippen LogP contribution >= 0.6 is 0 Å². The van der Waals surface area contributed by atoms with Crippen molar-refractivity contribution in [1.29, 1.82) is 0 Å². The predicted molar refractivity (Wildman–Crippen MR) is 99.4 cm³/mol. The van der Waals surface area contributed by atoms with Crippen LogP contribution in [0.5, 0.6) is 0 Å². The third-order valence-electron chi connectivity index (χ3n) is 4.22. The Morgan fingerprint density at radius 2 is 1.38 bits per heavy atom. The van der Waals surface area contributed by atoms with Gasteiger partial charge in [0.1, 0.15) is 5.78 Å². The lowest BCUT2D eigenvalue weighted by Gasteiger charge is -2.06. The minimum absolute atomic E-state index is 0.0218. The first-order valence-electron chi connectivity index (χ1n) is 8.82. The number of carbonyl (C=O) groups excluding carboxylic acids is 2. The molecule has 2 nitrogen and oxygen atoms in total. The second kappa shape index (κ2) is 9.17. The number of aryl methyl sites for hydroxylation is 1. The average molecular weight is 322 g/mol. The molecule has 0 aromatic heterocycles. The van der Waals surface area contributed by atoms with Crippen LogP contribution in [-0.2, 0) is 11.2 Å². The Morgan fingerprint density at radius 1 is 0.792 bits per heavy atom. The molecule has 0 spiro atoms. The molecule has 0 bridgehead atoms. The second-order valence-electron chi connectivity index (χ2n) is 6.39. The van der Waals surface area contributed by atoms with Gasteiger partial charge in [-0.3, -0.25) is 9.59 Å². The summed E-state index contributed by atoms with van der Waals surface area (Å²) >= 11 is 0. The molecular weight excluding hydrogens is 296 g/mol. The van der Waals surface area contributed by atoms with Crippen LogP contribution in [0.25, 0.3) is 11.1 Å². The van der Waals surface area contributed by atoms with Gasteiger partial charge in [-0.25, -0.2) is 0 Å². The van der Waals surface area contributed by atoms with E-state index in [1.807, 2.05) is 12.1 Å². The topological polar surface area (TPSA) is 34.1 Å². The highest BCUT2D eigenvalue weighted by Crippen LogP contribution is 2.21. The Kier molecular flexibility index (Phi) is 6.92. The highest BCUT2D eigenvalue weighted by molar-refractivity contribution is 6.07. The Hall–Kier alpha value is -2.22. The van der Waals surface area contributed by atoms with Crippen molar-refractivity contribution in [2.45, 2.75) is 52.4 Å². The largest absolute Gasteiger partial charge is 0.300 e. The Labute approximate surface area is 144 Å². The number of hydrogen-bond acceptors (Lipinski definition) is 2. The van der Waals surface area contributed by atoms with Gasteiger partial charge in [0.15, 0.2) is 5.78 Å². The monoisotopic (exact) mass is 322 g/mol. The fourth-order valence-electron chi connectivity index (χ4n) is 2.80. The molecule has 0 N–H and O–H groups in total. The maximum atomic E-state index is 11.9. The lowest BCUT2D eigenvalue weighted by molar-refractivity contribution is -0.116. The maximum absolute atomic E-state index is 11.9. The summed E-state index contributed by atoms with van der Waals surface area (Å²) in [7, 11) is 0. The third kappa shape index (κ3) is 5.45. The number of ketones is 2. The minimum Gasteiger partial charge on any atom is -0.300 e. The zero-order chi connectivity index (χ0) is 17.4. The van der Waals surface area contributed by atoms with Crippen LogP contribution in [0.1, 0.15) is 61.9 Å². The summed E-state index contributed by atoms with van der Waals surface area (Å²) < 4.78 is 0. The molecule has 0 aliphatic heterocycles. The van der Waals surface area contributed by atoms with E-state index in [1.54, 1.807) is 12.1 Å². The average Bonchev–Trinajstić information content (AvgIpc) is 2.59. The van der Waals surface area contributed by atoms with Crippen molar-refractivity contribution in [3.05, 3.63) is 59.7 Å². The van der Waals surface area contributed by atoms with E-state index in [2.05, 4.69) is 31.2 Å². The van der Waals surface area contributed by atoms with Gasteiger partial charge in [-0.1, -0.05) is 74.7 Å². The number of carbonyl (C=O) groups is 2. The summed E-state index contributed by atoms with van der Waals surface area (Å²) in [5.41, 5.74) is 4.22. The molecule has 2 aromatic rings. The van der Waals surface area contributed by atoms with Crippen molar-refractivity contribution >= 4 is 11.6 Å². The zero-order valence-corrected chi connectivity index (χ0v) is 14.7. The van der Waals surface area contributed by atoms with E-state index in [0.717, 1.165) is 17.5 Å². The molecule has 0 aliphatic carbocycles. The first-order valence-corrected chi connectivity index (χ1v) is 8.82. The second-order valence-corrected chi connectivity index (χ2v) is 6.39. The van der Waals surface area contributed by atoms with E-state index in [9.17, 15) is 9.59 Å². The molecule has 0 radical (unpaired) electrons. The van der Waals surface area contributed by atoms with E-state index in [4.69, 9.17) is 0 Å². The van der Waals surface area contributed by atoms with Gasteiger partial charge in [0, 0.05) is 5.56 Å². The molecule has 2 heteroatoms. The molecular formula is C22H26O2. The standard InChI is InChI=1S/C22H26O2/c1-3-4-5-6-7-18-8-10-19(11-9-18)20-12-14-21(15-13-20)22(24)16-17(2)23/h8-15H,3-7,16H2,1-2H3. The summed E-state index contributed by atoms with van der Waals surface area (Å²) in [6.07, 6.45) is 6.25. The molecule has 0 heterocycles. The van der Waals surface area contributed by atoms with Crippen LogP contribution in [-0.4, -0.2) is 11.6 Å². The fourth-order valence-corrected chi connectivity index (χ4v) is 2.80. The number of hydrogen-bond donors (Lipinski definition) is 0. The SMILES string of the molecule is CCCCCCc1ccc(-c2ccc(C(=O)CC(C)=O)cc2)cc1. The van der Waals surface area contributed by atoms with Crippen LogP contribution in [0.15, 0.2) is 48.5 Å². The van der Waals surface area contributed by atoms with Crippen molar-refractivity contribution in [3.63, 3.8) is 0 Å². The van der Waals surface area contributed by atoms with Gasteiger partial charge in [-0.2, -0.15) is 0 Å². The first-order chi connectivity index (χ1) is 11.6. The summed E-state index contributed by atoms with van der Waals surface area (Å²) in [4.78, 5) is 22.9. The van der Waals surface area contributed by atoms with Crippen molar-refractivity contribution in [3.8, 4) is 11.1 Å². The van der Waals surface area contributed by atoms with E-state index >= 15 is 0 Å². The number of Topliss-reactive ketones (excluding diaryl/α,β-unsaturated/α-hetero) is 2. The van der Waals surface area contributed by atoms with Crippen LogP contribution in [0.4, 0.5) is 0 Å². The first kappa shape index (κ1) is 18.1. The Morgan fingerprint density at radius 3 is 1.92 bits per heavy atom. The molecule has 0 aliphatic rings. The molecule has 0 amide bonds. The predicted octanol–water partition coefficient (Wildman–Crippen LogP) is 5.64. The summed E-state index contributed by atoms with van der Waals surface area (Å²) in [5.74, 6) is -0.213. The van der Waals surface area contributed by atoms with Gasteiger partial charge in [0.05, 0.1) is 6.42 Å². The van der Waals surface area contributed by atoms with E-state index < -0.39 is 0 Å². The van der Waals surface area contributed by atoms with Gasteiger partial charge >= 0.3 is 0 Å². The zero-order valence-electron chi connectivity index (χ0n) is 14.7. The van der Waals surface area contributed by atoms with Crippen LogP contribution in [0.2, 0.25) is 0 Å². The summed E-state index contributed by atoms with van der Waals surface area (Å²) in [6.45, 7) is 3.67. The molecule has 126 valence electrons. The molecule has 2 rings (SSSR count). The molecule has 0 unspecified atom stereocenters. The molecule has 0 atom stereocenters. The van der Waals surface area contributed by atoms with Gasteiger partial charge < -0.3 is 0 Å². The molecule has 0 saturated carbocycles. The number of rotatable bonds is 9. The maximum Gasteiger partial charge on any atom is 0.170 e. The fraction of sp³-hybridized carbons (Fsp3) is 0.364. The van der Waals surface area contributed by atoms with Gasteiger partial charge in [0.2, 0.25) is 0 Å². The van der Waals surface area contributed by atoms with E-state index in [1.165, 1.54) is 38.2 Å². The molecule has 2 aromatic carbocycles. The lowest BCUT2D eigenvalue weighted by atomic mass is 9.99. The van der Waals surface area contributed by atoms with Crippen LogP contribution < -0.4 is 0 Å². The van der Waals surface area contributed by atoms with Crippen molar-refractivity contribution < 1.29 is 9.59 Å². The highest BCUT2D eigenvalue weighted by atomic mass is 16.1. The molecule has 0 fully saturated rings. The van der Waals surface area contributed by atoms with Crippen molar-refractivity contribution in [2.24, 2.45) is 0 Å². The van der Waals surface area contributed by atoms with Gasteiger partial charge in [-0.05, 0) is 36.5 Å². The third-order valence-corrected chi connectivity index (χ3v) is 4.22. The summed E-state index contributed by atoms with van der Waals surface area (Å²) in [6, 6.07) is 16.2. The minimum atomic E-state index is -0.114. The molecule has 0 saturated heterocycles. The Balaban J connectivity index is 1.98. The smallest absolute Gasteiger partial charge is 0.170 e. The Bertz CT molecular complexity index is 666. The highest BCUT2D eigenvalue weighted by Gasteiger charge is 2.08. The summed E-state index contributed by atoms with van der Waals surface area (Å²) in [5, 5.41) is 0. The number of unbranched alkanes of at least 4 members (excludes halogenated alkanes) is 3. The van der Waals surface area contributed by atoms with E-state index in [-0.39, 0.29) is 18.0 Å². The molecule has 24 heavy (non-hydrogen) atoms. The normalized spacial score (nSPS) is 10.6. The van der Waals surface area contributed by atoms with Gasteiger partial charge in [-0.15, -0.1) is 0 Å². The van der Waals surface area contributed by atoms with Crippen LogP contribution in [0, 0.1) is 0 Å². The van der Waals surface area contributed by atoms with Crippen molar-refractivity contribution in [2.75, 3.05) is 0 Å². The number of benzene rings is 2.